The van der Waals surface area contributed by atoms with Gasteiger partial charge in [0.1, 0.15) is 22.9 Å². The summed E-state index contributed by atoms with van der Waals surface area (Å²) in [5, 5.41) is 4.57. The Kier molecular flexibility index (Phi) is 4.99. The van der Waals surface area contributed by atoms with Crippen molar-refractivity contribution in [3.05, 3.63) is 96.3 Å². The molecule has 5 aromatic rings. The summed E-state index contributed by atoms with van der Waals surface area (Å²) in [6, 6.07) is 26.8. The summed E-state index contributed by atoms with van der Waals surface area (Å²) in [6.07, 6.45) is 0. The molecule has 0 bridgehead atoms. The molecule has 2 aromatic heterocycles. The number of para-hydroxylation sites is 3. The Morgan fingerprint density at radius 1 is 0.900 bits per heavy atom. The molecule has 1 unspecified atom stereocenters. The number of amides is 1. The summed E-state index contributed by atoms with van der Waals surface area (Å²) >= 11 is 1.27. The third kappa shape index (κ3) is 3.82. The van der Waals surface area contributed by atoms with Crippen molar-refractivity contribution in [2.75, 3.05) is 5.75 Å². The molecule has 1 N–H and O–H groups in total. The van der Waals surface area contributed by atoms with Crippen LogP contribution in [0.25, 0.3) is 22.1 Å². The standard InChI is InChI=1S/C24H18N2O3S/c27-22(15-30-24-25-18-11-5-7-13-20(18)29-24)26-23(16-8-2-1-3-9-16)21-14-17-10-4-6-12-19(17)28-21/h1-14,23H,15H2,(H,26,27). The van der Waals surface area contributed by atoms with Gasteiger partial charge in [0, 0.05) is 5.39 Å². The molecular weight excluding hydrogens is 396 g/mol. The van der Waals surface area contributed by atoms with Gasteiger partial charge in [-0.05, 0) is 29.8 Å². The number of hydrogen-bond acceptors (Lipinski definition) is 5. The summed E-state index contributed by atoms with van der Waals surface area (Å²) < 4.78 is 11.7. The van der Waals surface area contributed by atoms with Gasteiger partial charge in [0.25, 0.3) is 5.22 Å². The van der Waals surface area contributed by atoms with Crippen LogP contribution in [0.2, 0.25) is 0 Å². The second-order valence-electron chi connectivity index (χ2n) is 6.83. The number of carbonyl (C=O) groups is 1. The minimum atomic E-state index is -0.379. The molecular formula is C24H18N2O3S. The Bertz CT molecular complexity index is 1240. The monoisotopic (exact) mass is 414 g/mol. The van der Waals surface area contributed by atoms with Gasteiger partial charge in [-0.15, -0.1) is 0 Å². The lowest BCUT2D eigenvalue weighted by Crippen LogP contribution is -2.30. The van der Waals surface area contributed by atoms with Crippen molar-refractivity contribution in [1.29, 1.82) is 0 Å². The average molecular weight is 414 g/mol. The maximum Gasteiger partial charge on any atom is 0.257 e. The fourth-order valence-corrected chi connectivity index (χ4v) is 4.00. The van der Waals surface area contributed by atoms with E-state index < -0.39 is 0 Å². The van der Waals surface area contributed by atoms with Crippen LogP contribution in [0.15, 0.2) is 99.0 Å². The summed E-state index contributed by atoms with van der Waals surface area (Å²) in [6.45, 7) is 0. The highest BCUT2D eigenvalue weighted by Crippen LogP contribution is 2.29. The van der Waals surface area contributed by atoms with Crippen LogP contribution < -0.4 is 5.32 Å². The van der Waals surface area contributed by atoms with Crippen LogP contribution in [-0.2, 0) is 4.79 Å². The van der Waals surface area contributed by atoms with E-state index in [-0.39, 0.29) is 17.7 Å². The minimum Gasteiger partial charge on any atom is -0.459 e. The Morgan fingerprint density at radius 2 is 1.63 bits per heavy atom. The predicted molar refractivity (Wildman–Crippen MR) is 117 cm³/mol. The molecule has 0 saturated heterocycles. The molecule has 6 heteroatoms. The van der Waals surface area contributed by atoms with Crippen LogP contribution in [0.3, 0.4) is 0 Å². The van der Waals surface area contributed by atoms with Crippen molar-refractivity contribution in [2.24, 2.45) is 0 Å². The summed E-state index contributed by atoms with van der Waals surface area (Å²) in [4.78, 5) is 17.2. The van der Waals surface area contributed by atoms with Crippen LogP contribution in [0, 0.1) is 0 Å². The van der Waals surface area contributed by atoms with E-state index in [9.17, 15) is 4.79 Å². The second kappa shape index (κ2) is 8.08. The third-order valence-electron chi connectivity index (χ3n) is 4.77. The molecule has 2 heterocycles. The Balaban J connectivity index is 1.35. The Morgan fingerprint density at radius 3 is 2.43 bits per heavy atom. The SMILES string of the molecule is O=C(CSc1nc2ccccc2o1)NC(c1ccccc1)c1cc2ccccc2o1. The van der Waals surface area contributed by atoms with Gasteiger partial charge in [0.15, 0.2) is 5.58 Å². The topological polar surface area (TPSA) is 68.3 Å². The van der Waals surface area contributed by atoms with Crippen molar-refractivity contribution in [3.8, 4) is 0 Å². The lowest BCUT2D eigenvalue weighted by molar-refractivity contribution is -0.119. The minimum absolute atomic E-state index is 0.128. The van der Waals surface area contributed by atoms with Gasteiger partial charge < -0.3 is 14.2 Å². The van der Waals surface area contributed by atoms with E-state index in [1.807, 2.05) is 84.9 Å². The van der Waals surface area contributed by atoms with E-state index in [1.165, 1.54) is 11.8 Å². The number of nitrogens with one attached hydrogen (secondary N) is 1. The molecule has 0 radical (unpaired) electrons. The first kappa shape index (κ1) is 18.5. The number of aromatic nitrogens is 1. The number of nitrogens with zero attached hydrogens (tertiary/aromatic N) is 1. The highest BCUT2D eigenvalue weighted by molar-refractivity contribution is 7.99. The van der Waals surface area contributed by atoms with E-state index in [0.717, 1.165) is 22.0 Å². The quantitative estimate of drug-likeness (QED) is 0.368. The van der Waals surface area contributed by atoms with Crippen LogP contribution in [0.4, 0.5) is 0 Å². The van der Waals surface area contributed by atoms with Gasteiger partial charge in [-0.3, -0.25) is 4.79 Å². The summed E-state index contributed by atoms with van der Waals surface area (Å²) in [5.74, 6) is 0.760. The fraction of sp³-hybridized carbons (Fsp3) is 0.0833. The first-order valence-corrected chi connectivity index (χ1v) is 10.6. The molecule has 0 aliphatic heterocycles. The third-order valence-corrected chi connectivity index (χ3v) is 5.60. The molecule has 0 aliphatic carbocycles. The van der Waals surface area contributed by atoms with E-state index in [2.05, 4.69) is 10.3 Å². The normalized spacial score (nSPS) is 12.3. The molecule has 1 atom stereocenters. The molecule has 0 fully saturated rings. The van der Waals surface area contributed by atoms with Gasteiger partial charge in [-0.1, -0.05) is 72.4 Å². The average Bonchev–Trinajstić information content (AvgIpc) is 3.40. The summed E-state index contributed by atoms with van der Waals surface area (Å²) in [7, 11) is 0. The molecule has 0 spiro atoms. The van der Waals surface area contributed by atoms with Gasteiger partial charge in [0.2, 0.25) is 5.91 Å². The molecule has 5 rings (SSSR count). The maximum atomic E-state index is 12.8. The highest BCUT2D eigenvalue weighted by Gasteiger charge is 2.21. The lowest BCUT2D eigenvalue weighted by Gasteiger charge is -2.17. The molecule has 148 valence electrons. The predicted octanol–water partition coefficient (Wildman–Crippen LogP) is 5.57. The van der Waals surface area contributed by atoms with Crippen molar-refractivity contribution in [2.45, 2.75) is 11.3 Å². The Labute approximate surface area is 177 Å². The largest absolute Gasteiger partial charge is 0.459 e. The van der Waals surface area contributed by atoms with Crippen molar-refractivity contribution in [1.82, 2.24) is 10.3 Å². The van der Waals surface area contributed by atoms with E-state index >= 15 is 0 Å². The van der Waals surface area contributed by atoms with Gasteiger partial charge in [-0.2, -0.15) is 0 Å². The van der Waals surface area contributed by atoms with E-state index in [0.29, 0.717) is 16.6 Å². The van der Waals surface area contributed by atoms with Crippen LogP contribution in [0.1, 0.15) is 17.4 Å². The zero-order chi connectivity index (χ0) is 20.3. The number of furan rings is 1. The molecule has 30 heavy (non-hydrogen) atoms. The number of hydrogen-bond donors (Lipinski definition) is 1. The van der Waals surface area contributed by atoms with E-state index in [4.69, 9.17) is 8.83 Å². The molecule has 0 saturated carbocycles. The molecule has 1 amide bonds. The smallest absolute Gasteiger partial charge is 0.257 e. The van der Waals surface area contributed by atoms with Crippen LogP contribution >= 0.6 is 11.8 Å². The highest BCUT2D eigenvalue weighted by atomic mass is 32.2. The second-order valence-corrected chi connectivity index (χ2v) is 7.76. The van der Waals surface area contributed by atoms with Crippen molar-refractivity contribution >= 4 is 39.7 Å². The molecule has 3 aromatic carbocycles. The lowest BCUT2D eigenvalue weighted by atomic mass is 10.0. The van der Waals surface area contributed by atoms with E-state index in [1.54, 1.807) is 0 Å². The van der Waals surface area contributed by atoms with Crippen LogP contribution in [-0.4, -0.2) is 16.6 Å². The number of thioether (sulfide) groups is 1. The number of oxazole rings is 1. The van der Waals surface area contributed by atoms with Crippen molar-refractivity contribution in [3.63, 3.8) is 0 Å². The number of benzene rings is 3. The number of rotatable bonds is 6. The molecule has 5 nitrogen and oxygen atoms in total. The van der Waals surface area contributed by atoms with Gasteiger partial charge in [0.05, 0.1) is 5.75 Å². The fourth-order valence-electron chi connectivity index (χ4n) is 3.35. The zero-order valence-electron chi connectivity index (χ0n) is 15.9. The van der Waals surface area contributed by atoms with Gasteiger partial charge >= 0.3 is 0 Å². The molecule has 0 aliphatic rings. The van der Waals surface area contributed by atoms with Crippen LogP contribution in [0.5, 0.6) is 0 Å². The number of fused-ring (bicyclic) bond motifs is 2. The zero-order valence-corrected chi connectivity index (χ0v) is 16.8. The number of carbonyl (C=O) groups excluding carboxylic acids is 1. The van der Waals surface area contributed by atoms with Gasteiger partial charge in [-0.25, -0.2) is 4.98 Å². The van der Waals surface area contributed by atoms with Crippen molar-refractivity contribution < 1.29 is 13.6 Å². The maximum absolute atomic E-state index is 12.8. The summed E-state index contributed by atoms with van der Waals surface area (Å²) in [5.41, 5.74) is 3.25. The Hall–Kier alpha value is -3.51. The first-order valence-electron chi connectivity index (χ1n) is 9.57. The first-order chi connectivity index (χ1) is 14.8.